The van der Waals surface area contributed by atoms with E-state index >= 15 is 0 Å². The number of fused-ring (bicyclic) bond motifs is 5. The fraction of sp³-hybridized carbons (Fsp3) is 0.208. The normalized spacial score (nSPS) is 21.5. The smallest absolute Gasteiger partial charge is 0.337 e. The third kappa shape index (κ3) is 2.84. The Morgan fingerprint density at radius 3 is 2.66 bits per heavy atom. The third-order valence-electron chi connectivity index (χ3n) is 6.19. The van der Waals surface area contributed by atoms with Crippen LogP contribution in [0.4, 0.5) is 5.69 Å². The average molecular weight is 450 g/mol. The number of ether oxygens (including phenoxy) is 1. The number of carboxylic acid groups (broad SMARTS) is 1. The fourth-order valence-corrected chi connectivity index (χ4v) is 5.40. The number of anilines is 1. The molecular formula is C24H20BrNO3. The summed E-state index contributed by atoms with van der Waals surface area (Å²) in [7, 11) is 1.67. The zero-order valence-electron chi connectivity index (χ0n) is 15.9. The van der Waals surface area contributed by atoms with Gasteiger partial charge in [-0.1, -0.05) is 52.3 Å². The van der Waals surface area contributed by atoms with Gasteiger partial charge in [0.1, 0.15) is 5.75 Å². The molecule has 0 bridgehead atoms. The quantitative estimate of drug-likeness (QED) is 0.544. The van der Waals surface area contributed by atoms with Gasteiger partial charge in [0.05, 0.1) is 24.4 Å². The van der Waals surface area contributed by atoms with Crippen molar-refractivity contribution >= 4 is 27.6 Å². The van der Waals surface area contributed by atoms with Crippen LogP contribution in [0, 0.1) is 5.92 Å². The molecule has 4 nitrogen and oxygen atoms in total. The Morgan fingerprint density at radius 2 is 1.86 bits per heavy atom. The number of benzene rings is 3. The van der Waals surface area contributed by atoms with Crippen molar-refractivity contribution < 1.29 is 14.6 Å². The zero-order chi connectivity index (χ0) is 20.1. The second-order valence-electron chi connectivity index (χ2n) is 7.63. The van der Waals surface area contributed by atoms with Gasteiger partial charge in [0.25, 0.3) is 0 Å². The van der Waals surface area contributed by atoms with Crippen LogP contribution in [0.2, 0.25) is 0 Å². The first-order valence-electron chi connectivity index (χ1n) is 9.62. The summed E-state index contributed by atoms with van der Waals surface area (Å²) < 4.78 is 6.64. The standard InChI is InChI=1S/C24H20BrNO3/c1-29-20-10-9-14(25)12-18(20)23-19-11-13-5-2-3-6-15(13)21(19)16-7-4-8-17(24(27)28)22(16)26-23/h2-10,12,19,21,23,26H,11H2,1H3,(H,27,28)/t19-,21+,23+/m1/s1. The Kier molecular flexibility index (Phi) is 4.36. The van der Waals surface area contributed by atoms with Crippen LogP contribution >= 0.6 is 15.9 Å². The van der Waals surface area contributed by atoms with Crippen molar-refractivity contribution in [3.05, 3.63) is 93.0 Å². The van der Waals surface area contributed by atoms with E-state index in [9.17, 15) is 9.90 Å². The predicted molar refractivity (Wildman–Crippen MR) is 116 cm³/mol. The SMILES string of the molecule is COc1ccc(Br)cc1[C@@H]1Nc2c(C(=O)O)cccc2[C@@H]2c3ccccc3C[C@H]21. The molecule has 5 rings (SSSR count). The summed E-state index contributed by atoms with van der Waals surface area (Å²) in [4.78, 5) is 12.0. The lowest BCUT2D eigenvalue weighted by Gasteiger charge is -2.39. The Bertz CT molecular complexity index is 1130. The van der Waals surface area contributed by atoms with Gasteiger partial charge in [0.15, 0.2) is 0 Å². The summed E-state index contributed by atoms with van der Waals surface area (Å²) in [5.41, 5.74) is 5.74. The molecule has 0 fully saturated rings. The van der Waals surface area contributed by atoms with Gasteiger partial charge >= 0.3 is 5.97 Å². The lowest BCUT2D eigenvalue weighted by molar-refractivity contribution is 0.0697. The topological polar surface area (TPSA) is 58.6 Å². The fourth-order valence-electron chi connectivity index (χ4n) is 5.02. The molecule has 0 radical (unpaired) electrons. The second kappa shape index (κ2) is 6.92. The highest BCUT2D eigenvalue weighted by molar-refractivity contribution is 9.10. The van der Waals surface area contributed by atoms with Gasteiger partial charge in [-0.3, -0.25) is 0 Å². The van der Waals surface area contributed by atoms with Crippen LogP contribution in [-0.4, -0.2) is 18.2 Å². The van der Waals surface area contributed by atoms with Crippen LogP contribution < -0.4 is 10.1 Å². The van der Waals surface area contributed by atoms with E-state index in [1.165, 1.54) is 11.1 Å². The Hall–Kier alpha value is -2.79. The lowest BCUT2D eigenvalue weighted by atomic mass is 9.75. The Morgan fingerprint density at radius 1 is 1.07 bits per heavy atom. The first-order valence-corrected chi connectivity index (χ1v) is 10.4. The van der Waals surface area contributed by atoms with E-state index in [1.54, 1.807) is 13.2 Å². The molecule has 3 atom stereocenters. The van der Waals surface area contributed by atoms with Gasteiger partial charge < -0.3 is 15.2 Å². The Labute approximate surface area is 177 Å². The van der Waals surface area contributed by atoms with Gasteiger partial charge in [-0.25, -0.2) is 4.79 Å². The molecule has 1 aliphatic carbocycles. The molecule has 0 aromatic heterocycles. The van der Waals surface area contributed by atoms with Gasteiger partial charge in [-0.15, -0.1) is 0 Å². The van der Waals surface area contributed by atoms with Crippen molar-refractivity contribution in [3.63, 3.8) is 0 Å². The monoisotopic (exact) mass is 449 g/mol. The summed E-state index contributed by atoms with van der Waals surface area (Å²) in [6, 6.07) is 20.0. The number of hydrogen-bond acceptors (Lipinski definition) is 3. The second-order valence-corrected chi connectivity index (χ2v) is 8.54. The summed E-state index contributed by atoms with van der Waals surface area (Å²) in [6.45, 7) is 0. The zero-order valence-corrected chi connectivity index (χ0v) is 17.4. The van der Waals surface area contributed by atoms with E-state index in [0.29, 0.717) is 11.3 Å². The van der Waals surface area contributed by atoms with E-state index in [-0.39, 0.29) is 17.9 Å². The van der Waals surface area contributed by atoms with Crippen molar-refractivity contribution in [3.8, 4) is 5.75 Å². The van der Waals surface area contributed by atoms with E-state index in [0.717, 1.165) is 27.8 Å². The number of aromatic carboxylic acids is 1. The first-order chi connectivity index (χ1) is 14.1. The molecule has 2 aliphatic rings. The minimum absolute atomic E-state index is 0.0622. The largest absolute Gasteiger partial charge is 0.496 e. The maximum Gasteiger partial charge on any atom is 0.337 e. The van der Waals surface area contributed by atoms with Crippen LogP contribution in [0.1, 0.15) is 44.6 Å². The van der Waals surface area contributed by atoms with Crippen LogP contribution in [0.5, 0.6) is 5.75 Å². The molecule has 3 aromatic carbocycles. The molecule has 146 valence electrons. The minimum Gasteiger partial charge on any atom is -0.496 e. The molecule has 0 saturated heterocycles. The molecule has 2 N–H and O–H groups in total. The lowest BCUT2D eigenvalue weighted by Crippen LogP contribution is -2.31. The summed E-state index contributed by atoms with van der Waals surface area (Å²) in [5.74, 6) is 0.304. The number of halogens is 1. The number of carbonyl (C=O) groups is 1. The first kappa shape index (κ1) is 18.3. The number of methoxy groups -OCH3 is 1. The molecule has 3 aromatic rings. The highest BCUT2D eigenvalue weighted by Gasteiger charge is 2.45. The van der Waals surface area contributed by atoms with Crippen molar-refractivity contribution in [2.45, 2.75) is 18.4 Å². The molecule has 0 amide bonds. The van der Waals surface area contributed by atoms with Gasteiger partial charge in [-0.2, -0.15) is 0 Å². The number of nitrogens with one attached hydrogen (secondary N) is 1. The maximum atomic E-state index is 12.0. The number of carboxylic acids is 1. The molecule has 29 heavy (non-hydrogen) atoms. The molecule has 0 spiro atoms. The van der Waals surface area contributed by atoms with Crippen molar-refractivity contribution in [2.24, 2.45) is 5.92 Å². The average Bonchev–Trinajstić information content (AvgIpc) is 3.12. The van der Waals surface area contributed by atoms with Crippen LogP contribution in [-0.2, 0) is 6.42 Å². The minimum atomic E-state index is -0.918. The highest BCUT2D eigenvalue weighted by Crippen LogP contribution is 2.55. The van der Waals surface area contributed by atoms with E-state index in [4.69, 9.17) is 4.74 Å². The number of rotatable bonds is 3. The summed E-state index contributed by atoms with van der Waals surface area (Å²) >= 11 is 3.59. The van der Waals surface area contributed by atoms with Crippen molar-refractivity contribution in [1.82, 2.24) is 0 Å². The molecule has 0 saturated carbocycles. The summed E-state index contributed by atoms with van der Waals surface area (Å²) in [5, 5.41) is 13.4. The van der Waals surface area contributed by atoms with E-state index in [1.807, 2.05) is 18.2 Å². The van der Waals surface area contributed by atoms with E-state index in [2.05, 4.69) is 57.6 Å². The van der Waals surface area contributed by atoms with Crippen LogP contribution in [0.25, 0.3) is 0 Å². The van der Waals surface area contributed by atoms with Crippen molar-refractivity contribution in [2.75, 3.05) is 12.4 Å². The molecular weight excluding hydrogens is 430 g/mol. The van der Waals surface area contributed by atoms with Crippen LogP contribution in [0.15, 0.2) is 65.1 Å². The third-order valence-corrected chi connectivity index (χ3v) is 6.68. The molecule has 5 heteroatoms. The molecule has 0 unspecified atom stereocenters. The highest BCUT2D eigenvalue weighted by atomic mass is 79.9. The molecule has 1 heterocycles. The number of hydrogen-bond donors (Lipinski definition) is 2. The summed E-state index contributed by atoms with van der Waals surface area (Å²) in [6.07, 6.45) is 0.935. The predicted octanol–water partition coefficient (Wildman–Crippen LogP) is 5.63. The van der Waals surface area contributed by atoms with Gasteiger partial charge in [0.2, 0.25) is 0 Å². The van der Waals surface area contributed by atoms with Gasteiger partial charge in [0, 0.05) is 16.0 Å². The van der Waals surface area contributed by atoms with Crippen LogP contribution in [0.3, 0.4) is 0 Å². The molecule has 1 aliphatic heterocycles. The number of para-hydroxylation sites is 1. The maximum absolute atomic E-state index is 12.0. The van der Waals surface area contributed by atoms with Crippen molar-refractivity contribution in [1.29, 1.82) is 0 Å². The van der Waals surface area contributed by atoms with E-state index < -0.39 is 5.97 Å². The Balaban J connectivity index is 1.75. The van der Waals surface area contributed by atoms with Gasteiger partial charge in [-0.05, 0) is 53.3 Å².